The minimum absolute atomic E-state index is 0.00298. The standard InChI is InChI=1S/C53H45N/c1-5-43(6-2)54-51-19-13-11-17-47(51)48-35-42(30-33-52(48)54)39-24-28-41(29-25-39)44(40-26-22-38(23-27-40)37-14-8-7-9-15-37)31-20-36-21-32-46-45-16-10-12-18-49(45)53(3,4)50(46)34-36/h5-19,21-30,32-35,44H,1,20,31H2,2-4H3/b43-6+. The van der Waals surface area contributed by atoms with Crippen LogP contribution in [0.4, 0.5) is 0 Å². The van der Waals surface area contributed by atoms with E-state index in [-0.39, 0.29) is 11.3 Å². The third-order valence-corrected chi connectivity index (χ3v) is 11.9. The van der Waals surface area contributed by atoms with Gasteiger partial charge in [0.05, 0.1) is 11.0 Å². The molecule has 1 aliphatic rings. The van der Waals surface area contributed by atoms with Gasteiger partial charge in [-0.3, -0.25) is 0 Å². The second kappa shape index (κ2) is 13.7. The van der Waals surface area contributed by atoms with Gasteiger partial charge >= 0.3 is 0 Å². The molecular formula is C53H45N. The molecule has 1 aromatic heterocycles. The fourth-order valence-electron chi connectivity index (χ4n) is 8.96. The average Bonchev–Trinajstić information content (AvgIpc) is 3.67. The predicted molar refractivity (Wildman–Crippen MR) is 231 cm³/mol. The lowest BCUT2D eigenvalue weighted by Crippen LogP contribution is -2.15. The van der Waals surface area contributed by atoms with Gasteiger partial charge < -0.3 is 4.57 Å². The first-order valence-corrected chi connectivity index (χ1v) is 19.3. The molecule has 54 heavy (non-hydrogen) atoms. The van der Waals surface area contributed by atoms with Crippen molar-refractivity contribution >= 4 is 27.5 Å². The minimum atomic E-state index is 0.00298. The highest BCUT2D eigenvalue weighted by molar-refractivity contribution is 6.11. The zero-order chi connectivity index (χ0) is 36.8. The van der Waals surface area contributed by atoms with Crippen LogP contribution in [-0.2, 0) is 11.8 Å². The first-order chi connectivity index (χ1) is 26.4. The van der Waals surface area contributed by atoms with Crippen LogP contribution in [0.1, 0.15) is 60.9 Å². The Bertz CT molecular complexity index is 2680. The van der Waals surface area contributed by atoms with Crippen molar-refractivity contribution in [3.63, 3.8) is 0 Å². The molecule has 9 rings (SSSR count). The van der Waals surface area contributed by atoms with Crippen LogP contribution in [0.15, 0.2) is 183 Å². The second-order valence-corrected chi connectivity index (χ2v) is 15.3. The van der Waals surface area contributed by atoms with E-state index in [1.54, 1.807) is 0 Å². The summed E-state index contributed by atoms with van der Waals surface area (Å²) in [7, 11) is 0. The van der Waals surface area contributed by atoms with E-state index in [1.807, 2.05) is 6.08 Å². The molecule has 1 atom stereocenters. The maximum absolute atomic E-state index is 4.10. The lowest BCUT2D eigenvalue weighted by molar-refractivity contribution is 0.657. The van der Waals surface area contributed by atoms with Crippen LogP contribution in [0.25, 0.3) is 60.9 Å². The van der Waals surface area contributed by atoms with E-state index in [4.69, 9.17) is 0 Å². The molecule has 0 saturated carbocycles. The largest absolute Gasteiger partial charge is 0.310 e. The van der Waals surface area contributed by atoms with Gasteiger partial charge in [0.25, 0.3) is 0 Å². The van der Waals surface area contributed by atoms with E-state index in [0.717, 1.165) is 18.5 Å². The van der Waals surface area contributed by atoms with Gasteiger partial charge in [0.15, 0.2) is 0 Å². The van der Waals surface area contributed by atoms with E-state index in [2.05, 4.69) is 202 Å². The number of nitrogens with zero attached hydrogens (tertiary/aromatic N) is 1. The highest BCUT2D eigenvalue weighted by Crippen LogP contribution is 2.49. The quantitative estimate of drug-likeness (QED) is 0.133. The van der Waals surface area contributed by atoms with Crippen LogP contribution in [0.3, 0.4) is 0 Å². The summed E-state index contributed by atoms with van der Waals surface area (Å²) in [5, 5.41) is 2.51. The van der Waals surface area contributed by atoms with Crippen molar-refractivity contribution < 1.29 is 0 Å². The van der Waals surface area contributed by atoms with Crippen molar-refractivity contribution in [2.24, 2.45) is 0 Å². The molecule has 0 N–H and O–H groups in total. The summed E-state index contributed by atoms with van der Waals surface area (Å²) in [6.07, 6.45) is 6.10. The van der Waals surface area contributed by atoms with Gasteiger partial charge in [-0.15, -0.1) is 0 Å². The summed E-state index contributed by atoms with van der Waals surface area (Å²) in [6, 6.07) is 61.0. The molecule has 0 saturated heterocycles. The van der Waals surface area contributed by atoms with E-state index in [9.17, 15) is 0 Å². The maximum atomic E-state index is 4.10. The zero-order valence-corrected chi connectivity index (χ0v) is 31.4. The summed E-state index contributed by atoms with van der Waals surface area (Å²) in [5.74, 6) is 0.265. The van der Waals surface area contributed by atoms with E-state index >= 15 is 0 Å². The summed E-state index contributed by atoms with van der Waals surface area (Å²) >= 11 is 0. The number of para-hydroxylation sites is 1. The van der Waals surface area contributed by atoms with Crippen molar-refractivity contribution in [1.82, 2.24) is 4.57 Å². The highest BCUT2D eigenvalue weighted by Gasteiger charge is 2.35. The number of aryl methyl sites for hydroxylation is 1. The van der Waals surface area contributed by atoms with E-state index < -0.39 is 0 Å². The molecule has 0 spiro atoms. The molecule has 0 amide bonds. The fraction of sp³-hybridized carbons (Fsp3) is 0.132. The summed E-state index contributed by atoms with van der Waals surface area (Å²) < 4.78 is 2.32. The van der Waals surface area contributed by atoms with Crippen molar-refractivity contribution in [3.05, 3.63) is 210 Å². The number of hydrogen-bond donors (Lipinski definition) is 0. The Morgan fingerprint density at radius 1 is 0.574 bits per heavy atom. The average molecular weight is 696 g/mol. The third-order valence-electron chi connectivity index (χ3n) is 11.9. The molecule has 262 valence electrons. The molecule has 1 nitrogen and oxygen atoms in total. The first-order valence-electron chi connectivity index (χ1n) is 19.3. The van der Waals surface area contributed by atoms with Crippen LogP contribution >= 0.6 is 0 Å². The van der Waals surface area contributed by atoms with Crippen LogP contribution < -0.4 is 0 Å². The molecule has 0 fully saturated rings. The number of aromatic nitrogens is 1. The predicted octanol–water partition coefficient (Wildman–Crippen LogP) is 14.2. The Balaban J connectivity index is 1.05. The molecular weight excluding hydrogens is 651 g/mol. The van der Waals surface area contributed by atoms with Gasteiger partial charge in [-0.25, -0.2) is 0 Å². The van der Waals surface area contributed by atoms with E-state index in [0.29, 0.717) is 0 Å². The Morgan fingerprint density at radius 2 is 1.17 bits per heavy atom. The normalized spacial score (nSPS) is 13.9. The minimum Gasteiger partial charge on any atom is -0.310 e. The summed E-state index contributed by atoms with van der Waals surface area (Å²) in [5.41, 5.74) is 18.2. The Kier molecular flexibility index (Phi) is 8.51. The topological polar surface area (TPSA) is 4.93 Å². The molecule has 0 aliphatic heterocycles. The summed E-state index contributed by atoms with van der Waals surface area (Å²) in [4.78, 5) is 0. The zero-order valence-electron chi connectivity index (χ0n) is 31.4. The van der Waals surface area contributed by atoms with Crippen molar-refractivity contribution in [1.29, 1.82) is 0 Å². The third kappa shape index (κ3) is 5.72. The molecule has 0 bridgehead atoms. The van der Waals surface area contributed by atoms with Gasteiger partial charge in [-0.2, -0.15) is 0 Å². The van der Waals surface area contributed by atoms with Crippen molar-refractivity contribution in [3.8, 4) is 33.4 Å². The monoisotopic (exact) mass is 695 g/mol. The van der Waals surface area contributed by atoms with Crippen LogP contribution in [0, 0.1) is 0 Å². The lowest BCUT2D eigenvalue weighted by Gasteiger charge is -2.23. The van der Waals surface area contributed by atoms with Gasteiger partial charge in [-0.1, -0.05) is 172 Å². The lowest BCUT2D eigenvalue weighted by atomic mass is 9.81. The Morgan fingerprint density at radius 3 is 1.89 bits per heavy atom. The maximum Gasteiger partial charge on any atom is 0.0541 e. The molecule has 1 aliphatic carbocycles. The van der Waals surface area contributed by atoms with Crippen LogP contribution in [0.2, 0.25) is 0 Å². The highest BCUT2D eigenvalue weighted by atomic mass is 15.0. The molecule has 7 aromatic carbocycles. The number of rotatable bonds is 9. The smallest absolute Gasteiger partial charge is 0.0541 e. The Hall–Kier alpha value is -6.18. The van der Waals surface area contributed by atoms with Crippen molar-refractivity contribution in [2.45, 2.75) is 44.9 Å². The SMILES string of the molecule is C=C/C(=C\C)n1c2ccccc2c2cc(-c3ccc(C(CCc4ccc5c(c4)C(C)(C)c4ccccc4-5)c4ccc(-c5ccccc5)cc4)cc3)ccc21. The molecule has 8 aromatic rings. The Labute approximate surface area is 319 Å². The van der Waals surface area contributed by atoms with Crippen LogP contribution in [-0.4, -0.2) is 4.57 Å². The van der Waals surface area contributed by atoms with E-state index in [1.165, 1.54) is 83.0 Å². The number of benzene rings is 7. The van der Waals surface area contributed by atoms with Crippen LogP contribution in [0.5, 0.6) is 0 Å². The van der Waals surface area contributed by atoms with Gasteiger partial charge in [0.1, 0.15) is 0 Å². The van der Waals surface area contributed by atoms with Crippen molar-refractivity contribution in [2.75, 3.05) is 0 Å². The molecule has 1 heterocycles. The fourth-order valence-corrected chi connectivity index (χ4v) is 8.96. The first kappa shape index (κ1) is 33.6. The van der Waals surface area contributed by atoms with Gasteiger partial charge in [-0.05, 0) is 105 Å². The molecule has 0 radical (unpaired) electrons. The number of allylic oxidation sites excluding steroid dienone is 3. The number of fused-ring (bicyclic) bond motifs is 6. The van der Waals surface area contributed by atoms with Gasteiger partial charge in [0.2, 0.25) is 0 Å². The number of hydrogen-bond acceptors (Lipinski definition) is 0. The molecule has 1 heteroatoms. The summed E-state index contributed by atoms with van der Waals surface area (Å²) in [6.45, 7) is 10.9. The van der Waals surface area contributed by atoms with Gasteiger partial charge in [0, 0.05) is 27.8 Å². The molecule has 1 unspecified atom stereocenters. The second-order valence-electron chi connectivity index (χ2n) is 15.3.